The second kappa shape index (κ2) is 6.90. The first kappa shape index (κ1) is 15.7. The number of halogens is 2. The Hall–Kier alpha value is -1.23. The van der Waals surface area contributed by atoms with Gasteiger partial charge in [-0.2, -0.15) is 0 Å². The van der Waals surface area contributed by atoms with E-state index in [1.807, 2.05) is 40.6 Å². The molecule has 0 radical (unpaired) electrons. The molecule has 0 atom stereocenters. The van der Waals surface area contributed by atoms with Gasteiger partial charge in [0.15, 0.2) is 0 Å². The first-order valence-corrected chi connectivity index (χ1v) is 8.78. The average molecular weight is 355 g/mol. The summed E-state index contributed by atoms with van der Waals surface area (Å²) in [5, 5.41) is 3.32. The van der Waals surface area contributed by atoms with Crippen LogP contribution in [0.4, 0.5) is 5.69 Å². The Bertz CT molecular complexity index is 632. The normalized spacial score (nSPS) is 15.2. The molecule has 1 amide bonds. The van der Waals surface area contributed by atoms with Crippen LogP contribution in [0, 0.1) is 0 Å². The molecule has 3 rings (SSSR count). The Labute approximate surface area is 144 Å². The van der Waals surface area contributed by atoms with Crippen molar-refractivity contribution in [2.75, 3.05) is 31.1 Å². The van der Waals surface area contributed by atoms with Crippen LogP contribution in [0.1, 0.15) is 4.88 Å². The Kier molecular flexibility index (Phi) is 4.91. The van der Waals surface area contributed by atoms with E-state index >= 15 is 0 Å². The number of carbonyl (C=O) groups excluding carboxylic acids is 1. The molecule has 1 aliphatic rings. The summed E-state index contributed by atoms with van der Waals surface area (Å²) in [6, 6.07) is 9.51. The standard InChI is InChI=1S/C16H16Cl2N2OS/c17-13-4-1-5-14(18)16(13)20-8-6-19(7-9-20)15(21)11-12-3-2-10-22-12/h1-5,10H,6-9,11H2. The van der Waals surface area contributed by atoms with Gasteiger partial charge in [0.1, 0.15) is 0 Å². The predicted molar refractivity (Wildman–Crippen MR) is 93.3 cm³/mol. The van der Waals surface area contributed by atoms with Crippen LogP contribution in [0.5, 0.6) is 0 Å². The minimum atomic E-state index is 0.187. The van der Waals surface area contributed by atoms with E-state index in [0.717, 1.165) is 23.7 Å². The van der Waals surface area contributed by atoms with Crippen LogP contribution in [0.25, 0.3) is 0 Å². The van der Waals surface area contributed by atoms with E-state index in [0.29, 0.717) is 29.6 Å². The minimum Gasteiger partial charge on any atom is -0.366 e. The number of thiophene rings is 1. The fourth-order valence-corrected chi connectivity index (χ4v) is 3.98. The summed E-state index contributed by atoms with van der Waals surface area (Å²) >= 11 is 14.1. The van der Waals surface area contributed by atoms with E-state index in [1.54, 1.807) is 11.3 Å². The third-order valence-corrected chi connectivity index (χ3v) is 5.28. The van der Waals surface area contributed by atoms with Gasteiger partial charge < -0.3 is 9.80 Å². The zero-order chi connectivity index (χ0) is 15.5. The monoisotopic (exact) mass is 354 g/mol. The lowest BCUT2D eigenvalue weighted by molar-refractivity contribution is -0.130. The predicted octanol–water partition coefficient (Wildman–Crippen LogP) is 3.95. The molecule has 2 heterocycles. The van der Waals surface area contributed by atoms with Gasteiger partial charge in [0.05, 0.1) is 22.2 Å². The number of para-hydroxylation sites is 1. The maximum absolute atomic E-state index is 12.3. The van der Waals surface area contributed by atoms with Crippen molar-refractivity contribution in [1.82, 2.24) is 4.90 Å². The largest absolute Gasteiger partial charge is 0.366 e. The van der Waals surface area contributed by atoms with Crippen molar-refractivity contribution in [1.29, 1.82) is 0 Å². The van der Waals surface area contributed by atoms with Crippen molar-refractivity contribution >= 4 is 46.1 Å². The van der Waals surface area contributed by atoms with Crippen LogP contribution in [-0.4, -0.2) is 37.0 Å². The third-order valence-electron chi connectivity index (χ3n) is 3.79. The van der Waals surface area contributed by atoms with Crippen molar-refractivity contribution in [2.45, 2.75) is 6.42 Å². The van der Waals surface area contributed by atoms with Crippen molar-refractivity contribution in [3.8, 4) is 0 Å². The summed E-state index contributed by atoms with van der Waals surface area (Å²) in [5.74, 6) is 0.187. The van der Waals surface area contributed by atoms with E-state index in [2.05, 4.69) is 4.90 Å². The van der Waals surface area contributed by atoms with Gasteiger partial charge in [-0.15, -0.1) is 11.3 Å². The van der Waals surface area contributed by atoms with Gasteiger partial charge in [-0.3, -0.25) is 4.79 Å². The number of anilines is 1. The van der Waals surface area contributed by atoms with E-state index in [-0.39, 0.29) is 5.91 Å². The number of hydrogen-bond donors (Lipinski definition) is 0. The van der Waals surface area contributed by atoms with Crippen LogP contribution in [0.15, 0.2) is 35.7 Å². The quantitative estimate of drug-likeness (QED) is 0.833. The first-order chi connectivity index (χ1) is 10.6. The number of piperazine rings is 1. The van der Waals surface area contributed by atoms with Gasteiger partial charge in [0, 0.05) is 31.1 Å². The highest BCUT2D eigenvalue weighted by atomic mass is 35.5. The van der Waals surface area contributed by atoms with E-state index in [9.17, 15) is 4.79 Å². The van der Waals surface area contributed by atoms with E-state index < -0.39 is 0 Å². The van der Waals surface area contributed by atoms with E-state index in [4.69, 9.17) is 23.2 Å². The molecule has 0 bridgehead atoms. The number of carbonyl (C=O) groups is 1. The van der Waals surface area contributed by atoms with Crippen molar-refractivity contribution in [2.24, 2.45) is 0 Å². The van der Waals surface area contributed by atoms with E-state index in [1.165, 1.54) is 0 Å². The molecule has 0 N–H and O–H groups in total. The molecule has 22 heavy (non-hydrogen) atoms. The molecule has 2 aromatic rings. The van der Waals surface area contributed by atoms with Crippen LogP contribution in [-0.2, 0) is 11.2 Å². The van der Waals surface area contributed by atoms with Gasteiger partial charge in [-0.1, -0.05) is 35.3 Å². The third kappa shape index (κ3) is 3.40. The molecule has 116 valence electrons. The SMILES string of the molecule is O=C(Cc1cccs1)N1CCN(c2c(Cl)cccc2Cl)CC1. The van der Waals surface area contributed by atoms with Crippen molar-refractivity contribution in [3.05, 3.63) is 50.6 Å². The summed E-state index contributed by atoms with van der Waals surface area (Å²) in [6.45, 7) is 2.90. The second-order valence-electron chi connectivity index (χ2n) is 5.19. The van der Waals surface area contributed by atoms with Crippen LogP contribution in [0.3, 0.4) is 0 Å². The molecule has 1 aromatic carbocycles. The molecular weight excluding hydrogens is 339 g/mol. The average Bonchev–Trinajstić information content (AvgIpc) is 3.00. The fourth-order valence-electron chi connectivity index (χ4n) is 2.64. The summed E-state index contributed by atoms with van der Waals surface area (Å²) in [4.78, 5) is 17.5. The van der Waals surface area contributed by atoms with Crippen LogP contribution < -0.4 is 4.90 Å². The van der Waals surface area contributed by atoms with Gasteiger partial charge in [0.2, 0.25) is 5.91 Å². The molecule has 1 saturated heterocycles. The van der Waals surface area contributed by atoms with Crippen molar-refractivity contribution in [3.63, 3.8) is 0 Å². The summed E-state index contributed by atoms with van der Waals surface area (Å²) in [6.07, 6.45) is 0.491. The number of hydrogen-bond acceptors (Lipinski definition) is 3. The number of rotatable bonds is 3. The molecule has 0 saturated carbocycles. The summed E-state index contributed by atoms with van der Waals surface area (Å²) < 4.78 is 0. The number of amides is 1. The molecule has 0 spiro atoms. The fraction of sp³-hybridized carbons (Fsp3) is 0.312. The lowest BCUT2D eigenvalue weighted by Crippen LogP contribution is -2.49. The Morgan fingerprint density at radius 1 is 1.05 bits per heavy atom. The molecular formula is C16H16Cl2N2OS. The topological polar surface area (TPSA) is 23.6 Å². The highest BCUT2D eigenvalue weighted by Crippen LogP contribution is 2.34. The zero-order valence-electron chi connectivity index (χ0n) is 12.0. The number of nitrogens with zero attached hydrogens (tertiary/aromatic N) is 2. The molecule has 1 aromatic heterocycles. The smallest absolute Gasteiger partial charge is 0.227 e. The molecule has 0 unspecified atom stereocenters. The molecule has 3 nitrogen and oxygen atoms in total. The lowest BCUT2D eigenvalue weighted by Gasteiger charge is -2.36. The molecule has 0 aliphatic carbocycles. The first-order valence-electron chi connectivity index (χ1n) is 7.14. The maximum Gasteiger partial charge on any atom is 0.227 e. The van der Waals surface area contributed by atoms with Gasteiger partial charge in [-0.05, 0) is 23.6 Å². The summed E-state index contributed by atoms with van der Waals surface area (Å²) in [7, 11) is 0. The summed E-state index contributed by atoms with van der Waals surface area (Å²) in [5.41, 5.74) is 0.871. The maximum atomic E-state index is 12.3. The van der Waals surface area contributed by atoms with Gasteiger partial charge >= 0.3 is 0 Å². The lowest BCUT2D eigenvalue weighted by atomic mass is 10.2. The minimum absolute atomic E-state index is 0.187. The molecule has 1 aliphatic heterocycles. The zero-order valence-corrected chi connectivity index (χ0v) is 14.3. The Morgan fingerprint density at radius 3 is 2.32 bits per heavy atom. The molecule has 6 heteroatoms. The highest BCUT2D eigenvalue weighted by molar-refractivity contribution is 7.10. The highest BCUT2D eigenvalue weighted by Gasteiger charge is 2.23. The Morgan fingerprint density at radius 2 is 1.73 bits per heavy atom. The van der Waals surface area contributed by atoms with Gasteiger partial charge in [0.25, 0.3) is 0 Å². The second-order valence-corrected chi connectivity index (χ2v) is 7.04. The van der Waals surface area contributed by atoms with Crippen LogP contribution >= 0.6 is 34.5 Å². The Balaban J connectivity index is 1.62. The van der Waals surface area contributed by atoms with Crippen LogP contribution in [0.2, 0.25) is 10.0 Å². The number of benzene rings is 1. The van der Waals surface area contributed by atoms with Gasteiger partial charge in [-0.25, -0.2) is 0 Å². The van der Waals surface area contributed by atoms with Crippen molar-refractivity contribution < 1.29 is 4.79 Å². The molecule has 1 fully saturated rings.